The molecule has 1 unspecified atom stereocenters. The molecule has 3 aliphatic rings. The molecule has 7 heteroatoms. The number of benzene rings is 3. The van der Waals surface area contributed by atoms with Crippen LogP contribution < -0.4 is 15.0 Å². The zero-order valence-corrected chi connectivity index (χ0v) is 20.6. The molecule has 0 bridgehead atoms. The van der Waals surface area contributed by atoms with Crippen molar-refractivity contribution in [2.75, 3.05) is 29.9 Å². The largest absolute Gasteiger partial charge is 0.480 e. The number of anilines is 2. The van der Waals surface area contributed by atoms with E-state index < -0.39 is 6.10 Å². The molecule has 0 aliphatic carbocycles. The highest BCUT2D eigenvalue weighted by molar-refractivity contribution is 5.99. The van der Waals surface area contributed by atoms with Gasteiger partial charge in [-0.1, -0.05) is 42.5 Å². The zero-order valence-electron chi connectivity index (χ0n) is 20.6. The summed E-state index contributed by atoms with van der Waals surface area (Å²) in [6.45, 7) is 1.80. The number of hydrogen-bond acceptors (Lipinski definition) is 4. The lowest BCUT2D eigenvalue weighted by atomic mass is 9.94. The van der Waals surface area contributed by atoms with E-state index in [1.807, 2.05) is 47.4 Å². The first kappa shape index (κ1) is 23.3. The second-order valence-electron chi connectivity index (χ2n) is 9.92. The first-order valence-electron chi connectivity index (χ1n) is 12.9. The third kappa shape index (κ3) is 4.57. The Morgan fingerprint density at radius 2 is 1.59 bits per heavy atom. The minimum absolute atomic E-state index is 0.0728. The fourth-order valence-electron chi connectivity index (χ4n) is 5.58. The summed E-state index contributed by atoms with van der Waals surface area (Å²) in [6, 6.07) is 22.7. The first-order chi connectivity index (χ1) is 18.1. The number of piperidine rings is 1. The highest BCUT2D eigenvalue weighted by Crippen LogP contribution is 2.32. The molecule has 1 saturated heterocycles. The second kappa shape index (κ2) is 9.73. The van der Waals surface area contributed by atoms with Crippen LogP contribution in [-0.2, 0) is 22.4 Å². The number of rotatable bonds is 4. The van der Waals surface area contributed by atoms with Crippen LogP contribution in [0.1, 0.15) is 34.3 Å². The Balaban J connectivity index is 1.05. The van der Waals surface area contributed by atoms with E-state index in [0.717, 1.165) is 30.0 Å². The molecule has 1 atom stereocenters. The Hall–Kier alpha value is -4.13. The van der Waals surface area contributed by atoms with Gasteiger partial charge in [0.05, 0.1) is 0 Å². The predicted octanol–water partition coefficient (Wildman–Crippen LogP) is 4.07. The molecule has 3 amide bonds. The molecule has 188 valence electrons. The summed E-state index contributed by atoms with van der Waals surface area (Å²) in [6.07, 6.45) is 2.14. The smallest absolute Gasteiger partial charge is 0.265 e. The average Bonchev–Trinajstić information content (AvgIpc) is 3.57. The fourth-order valence-corrected chi connectivity index (χ4v) is 5.58. The standard InChI is InChI=1S/C30H29N3O4/c34-28(27-19-22-7-2-4-11-26(22)37-27)31-24-9-5-8-23(18-24)29(35)32-15-12-21(13-16-32)30(36)33-17-14-20-6-1-3-10-25(20)33/h1-11,18,21,27H,12-17,19H2,(H,31,34). The molecule has 0 radical (unpaired) electrons. The molecular weight excluding hydrogens is 466 g/mol. The van der Waals surface area contributed by atoms with Crippen molar-refractivity contribution in [3.8, 4) is 5.75 Å². The number of amides is 3. The van der Waals surface area contributed by atoms with Gasteiger partial charge in [-0.25, -0.2) is 0 Å². The van der Waals surface area contributed by atoms with Gasteiger partial charge in [0, 0.05) is 48.9 Å². The van der Waals surface area contributed by atoms with Crippen LogP contribution in [0.4, 0.5) is 11.4 Å². The third-order valence-electron chi connectivity index (χ3n) is 7.60. The number of nitrogens with one attached hydrogen (secondary N) is 1. The van der Waals surface area contributed by atoms with E-state index >= 15 is 0 Å². The maximum atomic E-state index is 13.2. The molecule has 1 N–H and O–H groups in total. The van der Waals surface area contributed by atoms with Crippen LogP contribution in [0.3, 0.4) is 0 Å². The SMILES string of the molecule is O=C(Nc1cccc(C(=O)N2CCC(C(=O)N3CCc4ccccc43)CC2)c1)C1Cc2ccccc2O1. The van der Waals surface area contributed by atoms with Crippen molar-refractivity contribution in [1.82, 2.24) is 4.90 Å². The topological polar surface area (TPSA) is 79.0 Å². The van der Waals surface area contributed by atoms with Gasteiger partial charge in [-0.15, -0.1) is 0 Å². The van der Waals surface area contributed by atoms with Gasteiger partial charge in [0.2, 0.25) is 5.91 Å². The minimum atomic E-state index is -0.587. The van der Waals surface area contributed by atoms with Gasteiger partial charge in [0.1, 0.15) is 5.75 Å². The van der Waals surface area contributed by atoms with Gasteiger partial charge in [0.25, 0.3) is 11.8 Å². The molecule has 3 aliphatic heterocycles. The summed E-state index contributed by atoms with van der Waals surface area (Å²) in [4.78, 5) is 42.9. The Bertz CT molecular complexity index is 1340. The molecule has 3 heterocycles. The van der Waals surface area contributed by atoms with Gasteiger partial charge in [-0.2, -0.15) is 0 Å². The van der Waals surface area contributed by atoms with E-state index in [2.05, 4.69) is 11.4 Å². The molecule has 0 aromatic heterocycles. The average molecular weight is 496 g/mol. The number of likely N-dealkylation sites (tertiary alicyclic amines) is 1. The van der Waals surface area contributed by atoms with Crippen molar-refractivity contribution in [2.45, 2.75) is 31.8 Å². The summed E-state index contributed by atoms with van der Waals surface area (Å²) >= 11 is 0. The van der Waals surface area contributed by atoms with Crippen molar-refractivity contribution < 1.29 is 19.1 Å². The lowest BCUT2D eigenvalue weighted by Gasteiger charge is -2.33. The summed E-state index contributed by atoms with van der Waals surface area (Å²) in [5.41, 5.74) is 4.35. The van der Waals surface area contributed by atoms with Crippen molar-refractivity contribution in [1.29, 1.82) is 0 Å². The molecule has 3 aromatic rings. The van der Waals surface area contributed by atoms with Crippen LogP contribution >= 0.6 is 0 Å². The van der Waals surface area contributed by atoms with E-state index in [1.54, 1.807) is 29.2 Å². The lowest BCUT2D eigenvalue weighted by molar-refractivity contribution is -0.123. The Labute approximate surface area is 216 Å². The number of nitrogens with zero attached hydrogens (tertiary/aromatic N) is 2. The van der Waals surface area contributed by atoms with Crippen molar-refractivity contribution in [3.63, 3.8) is 0 Å². The maximum absolute atomic E-state index is 13.2. The third-order valence-corrected chi connectivity index (χ3v) is 7.60. The zero-order chi connectivity index (χ0) is 25.4. The summed E-state index contributed by atoms with van der Waals surface area (Å²) in [5, 5.41) is 2.89. The van der Waals surface area contributed by atoms with Crippen LogP contribution in [0.5, 0.6) is 5.75 Å². The summed E-state index contributed by atoms with van der Waals surface area (Å²) in [5.74, 6) is 0.512. The Morgan fingerprint density at radius 3 is 2.41 bits per heavy atom. The minimum Gasteiger partial charge on any atom is -0.480 e. The lowest BCUT2D eigenvalue weighted by Crippen LogP contribution is -2.44. The number of carbonyl (C=O) groups excluding carboxylic acids is 3. The van der Waals surface area contributed by atoms with Gasteiger partial charge < -0.3 is 19.9 Å². The van der Waals surface area contributed by atoms with Gasteiger partial charge >= 0.3 is 0 Å². The molecule has 3 aromatic carbocycles. The summed E-state index contributed by atoms with van der Waals surface area (Å²) in [7, 11) is 0. The van der Waals surface area contributed by atoms with Crippen molar-refractivity contribution in [3.05, 3.63) is 89.5 Å². The summed E-state index contributed by atoms with van der Waals surface area (Å²) < 4.78 is 5.78. The molecule has 0 spiro atoms. The number of para-hydroxylation sites is 2. The molecule has 37 heavy (non-hydrogen) atoms. The second-order valence-corrected chi connectivity index (χ2v) is 9.92. The van der Waals surface area contributed by atoms with Crippen LogP contribution in [0.25, 0.3) is 0 Å². The monoisotopic (exact) mass is 495 g/mol. The molecule has 0 saturated carbocycles. The quantitative estimate of drug-likeness (QED) is 0.592. The molecule has 1 fully saturated rings. The van der Waals surface area contributed by atoms with Crippen molar-refractivity contribution in [2.24, 2.45) is 5.92 Å². The van der Waals surface area contributed by atoms with E-state index in [4.69, 9.17) is 4.74 Å². The van der Waals surface area contributed by atoms with Gasteiger partial charge in [-0.3, -0.25) is 14.4 Å². The Kier molecular flexibility index (Phi) is 6.12. The predicted molar refractivity (Wildman–Crippen MR) is 141 cm³/mol. The fraction of sp³-hybridized carbons (Fsp3) is 0.300. The van der Waals surface area contributed by atoms with Gasteiger partial charge in [-0.05, 0) is 60.7 Å². The Morgan fingerprint density at radius 1 is 0.838 bits per heavy atom. The first-order valence-corrected chi connectivity index (χ1v) is 12.9. The van der Waals surface area contributed by atoms with Crippen LogP contribution in [-0.4, -0.2) is 48.4 Å². The highest BCUT2D eigenvalue weighted by Gasteiger charge is 2.34. The number of carbonyl (C=O) groups is 3. The van der Waals surface area contributed by atoms with Crippen molar-refractivity contribution >= 4 is 29.1 Å². The number of hydrogen-bond donors (Lipinski definition) is 1. The van der Waals surface area contributed by atoms with E-state index in [1.165, 1.54) is 5.56 Å². The number of ether oxygens (including phenoxy) is 1. The van der Waals surface area contributed by atoms with E-state index in [9.17, 15) is 14.4 Å². The van der Waals surface area contributed by atoms with Crippen LogP contribution in [0, 0.1) is 5.92 Å². The van der Waals surface area contributed by atoms with E-state index in [-0.39, 0.29) is 23.6 Å². The number of fused-ring (bicyclic) bond motifs is 2. The molecular formula is C30H29N3O4. The molecule has 6 rings (SSSR count). The van der Waals surface area contributed by atoms with E-state index in [0.29, 0.717) is 43.6 Å². The highest BCUT2D eigenvalue weighted by atomic mass is 16.5. The van der Waals surface area contributed by atoms with Crippen LogP contribution in [0.15, 0.2) is 72.8 Å². The van der Waals surface area contributed by atoms with Gasteiger partial charge in [0.15, 0.2) is 6.10 Å². The molecule has 7 nitrogen and oxygen atoms in total. The normalized spacial score (nSPS) is 18.6. The van der Waals surface area contributed by atoms with Crippen LogP contribution in [0.2, 0.25) is 0 Å². The maximum Gasteiger partial charge on any atom is 0.265 e.